The Morgan fingerprint density at radius 1 is 1.33 bits per heavy atom. The fraction of sp³-hybridized carbons (Fsp3) is 0.684. The predicted molar refractivity (Wildman–Crippen MR) is 95.7 cm³/mol. The minimum Gasteiger partial charge on any atom is -0.444 e. The molecule has 0 aromatic carbocycles. The van der Waals surface area contributed by atoms with Crippen LogP contribution in [0.25, 0.3) is 0 Å². The highest BCUT2D eigenvalue weighted by molar-refractivity contribution is 5.68. The molecule has 1 fully saturated rings. The van der Waals surface area contributed by atoms with Gasteiger partial charge in [0, 0.05) is 32.4 Å². The summed E-state index contributed by atoms with van der Waals surface area (Å²) >= 11 is 0. The minimum atomic E-state index is -0.430. The fourth-order valence-corrected chi connectivity index (χ4v) is 3.10. The van der Waals surface area contributed by atoms with Crippen LogP contribution in [0.2, 0.25) is 0 Å². The zero-order valence-electron chi connectivity index (χ0n) is 15.5. The topological polar surface area (TPSA) is 54.5 Å². The van der Waals surface area contributed by atoms with E-state index in [-0.39, 0.29) is 11.5 Å². The Morgan fingerprint density at radius 2 is 2.04 bits per heavy atom. The Bertz CT molecular complexity index is 517. The molecule has 0 radical (unpaired) electrons. The molecule has 5 heteroatoms. The van der Waals surface area contributed by atoms with Crippen molar-refractivity contribution in [1.29, 1.82) is 0 Å². The van der Waals surface area contributed by atoms with Gasteiger partial charge in [0.1, 0.15) is 5.60 Å². The summed E-state index contributed by atoms with van der Waals surface area (Å²) in [5, 5.41) is 3.55. The third-order valence-corrected chi connectivity index (χ3v) is 4.76. The van der Waals surface area contributed by atoms with Gasteiger partial charge in [-0.3, -0.25) is 4.98 Å². The molecule has 0 spiro atoms. The van der Waals surface area contributed by atoms with Gasteiger partial charge in [0.05, 0.1) is 5.69 Å². The summed E-state index contributed by atoms with van der Waals surface area (Å²) in [5.74, 6) is 0. The summed E-state index contributed by atoms with van der Waals surface area (Å²) in [4.78, 5) is 18.4. The number of ether oxygens (including phenoxy) is 1. The lowest BCUT2D eigenvalue weighted by molar-refractivity contribution is 0.00942. The SMILES string of the molecule is CCC1(CNCc2ccccn2)CCN(C(=O)OC(C)(C)C)CC1. The number of carbonyl (C=O) groups excluding carboxylic acids is 1. The average molecular weight is 333 g/mol. The highest BCUT2D eigenvalue weighted by Gasteiger charge is 2.35. The predicted octanol–water partition coefficient (Wildman–Crippen LogP) is 3.60. The van der Waals surface area contributed by atoms with E-state index in [1.807, 2.05) is 50.1 Å². The summed E-state index contributed by atoms with van der Waals surface area (Å²) in [7, 11) is 0. The van der Waals surface area contributed by atoms with Crippen molar-refractivity contribution >= 4 is 6.09 Å². The van der Waals surface area contributed by atoms with E-state index >= 15 is 0 Å². The molecule has 1 amide bonds. The number of amides is 1. The van der Waals surface area contributed by atoms with E-state index in [2.05, 4.69) is 17.2 Å². The molecule has 1 saturated heterocycles. The normalized spacial score (nSPS) is 17.6. The van der Waals surface area contributed by atoms with Crippen LogP contribution in [0.15, 0.2) is 24.4 Å². The second-order valence-electron chi connectivity index (χ2n) is 7.75. The van der Waals surface area contributed by atoms with E-state index in [0.717, 1.165) is 51.1 Å². The van der Waals surface area contributed by atoms with Crippen molar-refractivity contribution in [3.05, 3.63) is 30.1 Å². The maximum atomic E-state index is 12.2. The Labute approximate surface area is 145 Å². The van der Waals surface area contributed by atoms with Crippen LogP contribution in [0.3, 0.4) is 0 Å². The number of carbonyl (C=O) groups is 1. The minimum absolute atomic E-state index is 0.186. The number of aromatic nitrogens is 1. The largest absolute Gasteiger partial charge is 0.444 e. The summed E-state index contributed by atoms with van der Waals surface area (Å²) in [6.45, 7) is 11.3. The van der Waals surface area contributed by atoms with Crippen molar-refractivity contribution in [2.75, 3.05) is 19.6 Å². The van der Waals surface area contributed by atoms with Crippen LogP contribution in [-0.2, 0) is 11.3 Å². The highest BCUT2D eigenvalue weighted by atomic mass is 16.6. The van der Waals surface area contributed by atoms with E-state index < -0.39 is 5.60 Å². The Morgan fingerprint density at radius 3 is 2.58 bits per heavy atom. The van der Waals surface area contributed by atoms with Crippen molar-refractivity contribution in [3.63, 3.8) is 0 Å². The van der Waals surface area contributed by atoms with E-state index in [4.69, 9.17) is 4.74 Å². The number of piperidine rings is 1. The van der Waals surface area contributed by atoms with E-state index in [1.54, 1.807) is 0 Å². The molecular weight excluding hydrogens is 302 g/mol. The van der Waals surface area contributed by atoms with Gasteiger partial charge in [0.15, 0.2) is 0 Å². The van der Waals surface area contributed by atoms with Crippen molar-refractivity contribution in [1.82, 2.24) is 15.2 Å². The first-order chi connectivity index (χ1) is 11.3. The standard InChI is InChI=1S/C19H31N3O2/c1-5-19(15-20-14-16-8-6-7-11-21-16)9-12-22(13-10-19)17(23)24-18(2,3)4/h6-8,11,20H,5,9-10,12-15H2,1-4H3. The van der Waals surface area contributed by atoms with E-state index in [0.29, 0.717) is 0 Å². The summed E-state index contributed by atoms with van der Waals surface area (Å²) < 4.78 is 5.48. The number of nitrogens with one attached hydrogen (secondary N) is 1. The van der Waals surface area contributed by atoms with Crippen molar-refractivity contribution in [2.24, 2.45) is 5.41 Å². The zero-order valence-corrected chi connectivity index (χ0v) is 15.5. The monoisotopic (exact) mass is 333 g/mol. The second kappa shape index (κ2) is 7.97. The quantitative estimate of drug-likeness (QED) is 0.894. The lowest BCUT2D eigenvalue weighted by Crippen LogP contribution is -2.48. The molecule has 5 nitrogen and oxygen atoms in total. The molecule has 2 rings (SSSR count). The van der Waals surface area contributed by atoms with Gasteiger partial charge in [-0.25, -0.2) is 4.79 Å². The third kappa shape index (κ3) is 5.48. The molecule has 0 unspecified atom stereocenters. The maximum Gasteiger partial charge on any atom is 0.410 e. The van der Waals surface area contributed by atoms with Crippen LogP contribution in [-0.4, -0.2) is 41.2 Å². The summed E-state index contributed by atoms with van der Waals surface area (Å²) in [6, 6.07) is 5.99. The molecule has 1 N–H and O–H groups in total. The molecule has 1 aliphatic rings. The van der Waals surface area contributed by atoms with Gasteiger partial charge < -0.3 is 15.0 Å². The second-order valence-corrected chi connectivity index (χ2v) is 7.75. The van der Waals surface area contributed by atoms with Gasteiger partial charge >= 0.3 is 6.09 Å². The van der Waals surface area contributed by atoms with Crippen molar-refractivity contribution in [3.8, 4) is 0 Å². The zero-order chi connectivity index (χ0) is 17.6. The van der Waals surface area contributed by atoms with Gasteiger partial charge in [0.25, 0.3) is 0 Å². The van der Waals surface area contributed by atoms with Gasteiger partial charge in [0.2, 0.25) is 0 Å². The number of hydrogen-bond acceptors (Lipinski definition) is 4. The molecule has 0 bridgehead atoms. The number of hydrogen-bond donors (Lipinski definition) is 1. The molecule has 0 atom stereocenters. The maximum absolute atomic E-state index is 12.2. The van der Waals surface area contributed by atoms with Gasteiger partial charge in [-0.2, -0.15) is 0 Å². The lowest BCUT2D eigenvalue weighted by atomic mass is 9.76. The summed E-state index contributed by atoms with van der Waals surface area (Å²) in [5.41, 5.74) is 0.892. The van der Waals surface area contributed by atoms with Gasteiger partial charge in [-0.05, 0) is 57.6 Å². The molecule has 1 aromatic rings. The molecule has 0 saturated carbocycles. The Balaban J connectivity index is 1.81. The number of likely N-dealkylation sites (tertiary alicyclic amines) is 1. The highest BCUT2D eigenvalue weighted by Crippen LogP contribution is 2.34. The van der Waals surface area contributed by atoms with Crippen LogP contribution < -0.4 is 5.32 Å². The van der Waals surface area contributed by atoms with Gasteiger partial charge in [-0.15, -0.1) is 0 Å². The lowest BCUT2D eigenvalue weighted by Gasteiger charge is -2.41. The smallest absolute Gasteiger partial charge is 0.410 e. The van der Waals surface area contributed by atoms with Crippen LogP contribution in [0.4, 0.5) is 4.79 Å². The molecule has 1 aromatic heterocycles. The fourth-order valence-electron chi connectivity index (χ4n) is 3.10. The molecule has 0 aliphatic carbocycles. The van der Waals surface area contributed by atoms with Crippen molar-refractivity contribution in [2.45, 2.75) is 59.1 Å². The number of nitrogens with zero attached hydrogens (tertiary/aromatic N) is 2. The Hall–Kier alpha value is -1.62. The van der Waals surface area contributed by atoms with Crippen LogP contribution in [0.5, 0.6) is 0 Å². The summed E-state index contributed by atoms with van der Waals surface area (Å²) in [6.07, 6.45) is 4.78. The van der Waals surface area contributed by atoms with Crippen LogP contribution in [0.1, 0.15) is 52.7 Å². The number of pyridine rings is 1. The molecule has 1 aliphatic heterocycles. The molecular formula is C19H31N3O2. The molecule has 24 heavy (non-hydrogen) atoms. The van der Waals surface area contributed by atoms with Crippen LogP contribution in [0, 0.1) is 5.41 Å². The first-order valence-corrected chi connectivity index (χ1v) is 8.92. The average Bonchev–Trinajstić information content (AvgIpc) is 2.55. The number of rotatable bonds is 5. The van der Waals surface area contributed by atoms with Crippen LogP contribution >= 0.6 is 0 Å². The third-order valence-electron chi connectivity index (χ3n) is 4.76. The first-order valence-electron chi connectivity index (χ1n) is 8.92. The Kier molecular flexibility index (Phi) is 6.21. The van der Waals surface area contributed by atoms with E-state index in [9.17, 15) is 4.79 Å². The molecule has 134 valence electrons. The molecule has 2 heterocycles. The van der Waals surface area contributed by atoms with E-state index in [1.165, 1.54) is 0 Å². The first kappa shape index (κ1) is 18.7. The van der Waals surface area contributed by atoms with Gasteiger partial charge in [-0.1, -0.05) is 13.0 Å². The van der Waals surface area contributed by atoms with Crippen molar-refractivity contribution < 1.29 is 9.53 Å².